The van der Waals surface area contributed by atoms with Gasteiger partial charge in [-0.1, -0.05) is 0 Å². The van der Waals surface area contributed by atoms with Gasteiger partial charge in [-0.15, -0.1) is 10.2 Å². The number of carboxylic acid groups (broad SMARTS) is 1. The maximum Gasteiger partial charge on any atom is 0.306 e. The maximum absolute atomic E-state index is 12.2. The minimum Gasteiger partial charge on any atom is -0.481 e. The molecule has 0 saturated heterocycles. The van der Waals surface area contributed by atoms with Gasteiger partial charge >= 0.3 is 5.97 Å². The van der Waals surface area contributed by atoms with Crippen molar-refractivity contribution in [1.82, 2.24) is 19.9 Å². The van der Waals surface area contributed by atoms with Crippen LogP contribution in [-0.2, 0) is 4.79 Å². The number of carboxylic acids is 1. The lowest BCUT2D eigenvalue weighted by Crippen LogP contribution is -2.33. The average molecular weight is 288 g/mol. The fourth-order valence-corrected chi connectivity index (χ4v) is 2.75. The number of nitrogens with zero attached hydrogens (tertiary/aromatic N) is 3. The van der Waals surface area contributed by atoms with Crippen LogP contribution in [0.5, 0.6) is 0 Å². The van der Waals surface area contributed by atoms with Crippen molar-refractivity contribution >= 4 is 17.5 Å². The first-order valence-electron chi connectivity index (χ1n) is 6.89. The number of fused-ring (bicyclic) bond motifs is 1. The number of nitrogens with one attached hydrogen (secondary N) is 1. The molecule has 0 bridgehead atoms. The molecule has 2 heterocycles. The zero-order chi connectivity index (χ0) is 15.0. The molecule has 0 radical (unpaired) electrons. The van der Waals surface area contributed by atoms with E-state index in [0.717, 1.165) is 0 Å². The number of amides is 1. The highest BCUT2D eigenvalue weighted by atomic mass is 16.4. The standard InChI is InChI=1S/C14H16N4O3/c1-8-16-17-12-5-3-10(7-18(8)12)13(19)15-11-4-2-9(6-11)14(20)21/h3,5,7,9,11H,2,4,6H2,1H3,(H,15,19)(H,20,21)/t9-,11+/m1/s1. The topological polar surface area (TPSA) is 96.6 Å². The van der Waals surface area contributed by atoms with Crippen molar-refractivity contribution in [3.63, 3.8) is 0 Å². The molecule has 0 unspecified atom stereocenters. The zero-order valence-corrected chi connectivity index (χ0v) is 11.6. The lowest BCUT2D eigenvalue weighted by atomic mass is 10.1. The normalized spacial score (nSPS) is 21.6. The summed E-state index contributed by atoms with van der Waals surface area (Å²) in [6, 6.07) is 3.36. The number of aromatic nitrogens is 3. The summed E-state index contributed by atoms with van der Waals surface area (Å²) in [6.07, 6.45) is 3.51. The van der Waals surface area contributed by atoms with E-state index >= 15 is 0 Å². The molecular formula is C14H16N4O3. The number of carbonyl (C=O) groups excluding carboxylic acids is 1. The van der Waals surface area contributed by atoms with Crippen LogP contribution in [0.4, 0.5) is 0 Å². The lowest BCUT2D eigenvalue weighted by Gasteiger charge is -2.12. The monoisotopic (exact) mass is 288 g/mol. The van der Waals surface area contributed by atoms with E-state index in [4.69, 9.17) is 5.11 Å². The van der Waals surface area contributed by atoms with Gasteiger partial charge in [0.05, 0.1) is 11.5 Å². The summed E-state index contributed by atoms with van der Waals surface area (Å²) in [5.41, 5.74) is 1.21. The highest BCUT2D eigenvalue weighted by Crippen LogP contribution is 2.25. The van der Waals surface area contributed by atoms with Crippen molar-refractivity contribution in [3.8, 4) is 0 Å². The molecule has 0 aliphatic heterocycles. The number of pyridine rings is 1. The average Bonchev–Trinajstić information content (AvgIpc) is 3.06. The second kappa shape index (κ2) is 5.16. The van der Waals surface area contributed by atoms with Crippen LogP contribution < -0.4 is 5.32 Å². The summed E-state index contributed by atoms with van der Waals surface area (Å²) >= 11 is 0. The first-order valence-corrected chi connectivity index (χ1v) is 6.89. The minimum atomic E-state index is -0.784. The van der Waals surface area contributed by atoms with Crippen LogP contribution in [0.3, 0.4) is 0 Å². The molecule has 7 nitrogen and oxygen atoms in total. The van der Waals surface area contributed by atoms with Crippen molar-refractivity contribution in [2.45, 2.75) is 32.2 Å². The van der Waals surface area contributed by atoms with E-state index in [-0.39, 0.29) is 17.9 Å². The van der Waals surface area contributed by atoms with E-state index < -0.39 is 5.97 Å². The summed E-state index contributed by atoms with van der Waals surface area (Å²) in [5.74, 6) is -0.612. The van der Waals surface area contributed by atoms with Crippen molar-refractivity contribution in [2.24, 2.45) is 5.92 Å². The first kappa shape index (κ1) is 13.5. The molecule has 110 valence electrons. The largest absolute Gasteiger partial charge is 0.481 e. The van der Waals surface area contributed by atoms with Gasteiger partial charge in [-0.05, 0) is 38.3 Å². The van der Waals surface area contributed by atoms with E-state index in [1.54, 1.807) is 22.7 Å². The fraction of sp³-hybridized carbons (Fsp3) is 0.429. The number of aryl methyl sites for hydroxylation is 1. The van der Waals surface area contributed by atoms with E-state index in [2.05, 4.69) is 15.5 Å². The van der Waals surface area contributed by atoms with Gasteiger partial charge < -0.3 is 10.4 Å². The van der Waals surface area contributed by atoms with E-state index in [1.807, 2.05) is 6.92 Å². The smallest absolute Gasteiger partial charge is 0.306 e. The van der Waals surface area contributed by atoms with Gasteiger partial charge in [-0.2, -0.15) is 0 Å². The number of carbonyl (C=O) groups is 2. The quantitative estimate of drug-likeness (QED) is 0.879. The number of rotatable bonds is 3. The van der Waals surface area contributed by atoms with Gasteiger partial charge in [0.15, 0.2) is 5.65 Å². The van der Waals surface area contributed by atoms with E-state index in [0.29, 0.717) is 36.3 Å². The van der Waals surface area contributed by atoms with Crippen LogP contribution in [-0.4, -0.2) is 37.6 Å². The van der Waals surface area contributed by atoms with Crippen LogP contribution in [0.2, 0.25) is 0 Å². The Morgan fingerprint density at radius 1 is 1.33 bits per heavy atom. The predicted octanol–water partition coefficient (Wildman–Crippen LogP) is 1.02. The predicted molar refractivity (Wildman–Crippen MR) is 74.0 cm³/mol. The second-order valence-corrected chi connectivity index (χ2v) is 5.41. The Bertz CT molecular complexity index is 709. The first-order chi connectivity index (χ1) is 10.0. The fourth-order valence-electron chi connectivity index (χ4n) is 2.75. The van der Waals surface area contributed by atoms with E-state index in [1.165, 1.54) is 0 Å². The number of hydrogen-bond donors (Lipinski definition) is 2. The van der Waals surface area contributed by atoms with Gasteiger partial charge in [0.2, 0.25) is 0 Å². The Morgan fingerprint density at radius 2 is 2.14 bits per heavy atom. The van der Waals surface area contributed by atoms with Crippen molar-refractivity contribution in [1.29, 1.82) is 0 Å². The van der Waals surface area contributed by atoms with Crippen molar-refractivity contribution < 1.29 is 14.7 Å². The molecule has 1 aliphatic carbocycles. The Morgan fingerprint density at radius 3 is 2.86 bits per heavy atom. The molecule has 2 N–H and O–H groups in total. The van der Waals surface area contributed by atoms with Crippen molar-refractivity contribution in [3.05, 3.63) is 29.7 Å². The highest BCUT2D eigenvalue weighted by Gasteiger charge is 2.30. The Labute approximate surface area is 121 Å². The maximum atomic E-state index is 12.2. The molecule has 2 atom stereocenters. The molecule has 2 aromatic heterocycles. The number of hydrogen-bond acceptors (Lipinski definition) is 4. The van der Waals surface area contributed by atoms with Gasteiger partial charge in [0.25, 0.3) is 5.91 Å². The second-order valence-electron chi connectivity index (χ2n) is 5.41. The molecule has 0 spiro atoms. The number of aliphatic carboxylic acids is 1. The molecule has 1 aliphatic rings. The third kappa shape index (κ3) is 2.58. The van der Waals surface area contributed by atoms with Crippen molar-refractivity contribution in [2.75, 3.05) is 0 Å². The Hall–Kier alpha value is -2.44. The molecule has 1 fully saturated rings. The lowest BCUT2D eigenvalue weighted by molar-refractivity contribution is -0.141. The molecule has 0 aromatic carbocycles. The third-order valence-electron chi connectivity index (χ3n) is 3.95. The van der Waals surface area contributed by atoms with Crippen LogP contribution in [0.15, 0.2) is 18.3 Å². The Balaban J connectivity index is 1.72. The van der Waals surface area contributed by atoms with Gasteiger partial charge in [0, 0.05) is 12.2 Å². The summed E-state index contributed by atoms with van der Waals surface area (Å²) < 4.78 is 1.75. The summed E-state index contributed by atoms with van der Waals surface area (Å²) in [7, 11) is 0. The zero-order valence-electron chi connectivity index (χ0n) is 11.6. The molecule has 1 amide bonds. The van der Waals surface area contributed by atoms with Crippen LogP contribution in [0.1, 0.15) is 35.4 Å². The Kier molecular flexibility index (Phi) is 3.32. The van der Waals surface area contributed by atoms with Gasteiger partial charge in [-0.25, -0.2) is 0 Å². The summed E-state index contributed by atoms with van der Waals surface area (Å²) in [6.45, 7) is 1.82. The third-order valence-corrected chi connectivity index (χ3v) is 3.95. The van der Waals surface area contributed by atoms with Crippen LogP contribution >= 0.6 is 0 Å². The van der Waals surface area contributed by atoms with Crippen LogP contribution in [0, 0.1) is 12.8 Å². The molecule has 1 saturated carbocycles. The van der Waals surface area contributed by atoms with Gasteiger partial charge in [-0.3, -0.25) is 14.0 Å². The molecule has 2 aromatic rings. The summed E-state index contributed by atoms with van der Waals surface area (Å²) in [5, 5.41) is 19.8. The van der Waals surface area contributed by atoms with Gasteiger partial charge in [0.1, 0.15) is 5.82 Å². The van der Waals surface area contributed by atoms with Crippen LogP contribution in [0.25, 0.3) is 5.65 Å². The minimum absolute atomic E-state index is 0.0729. The molecule has 7 heteroatoms. The molecule has 3 rings (SSSR count). The molecular weight excluding hydrogens is 272 g/mol. The summed E-state index contributed by atoms with van der Waals surface area (Å²) in [4.78, 5) is 23.2. The molecule has 21 heavy (non-hydrogen) atoms. The SMILES string of the molecule is Cc1nnc2ccc(C(=O)N[C@H]3CC[C@@H](C(=O)O)C3)cn12. The highest BCUT2D eigenvalue weighted by molar-refractivity contribution is 5.94. The van der Waals surface area contributed by atoms with E-state index in [9.17, 15) is 9.59 Å².